The van der Waals surface area contributed by atoms with Crippen molar-refractivity contribution in [3.63, 3.8) is 0 Å². The summed E-state index contributed by atoms with van der Waals surface area (Å²) in [5, 5.41) is 6.00. The number of hydrogen-bond donors (Lipinski definition) is 2. The molecule has 0 unspecified atom stereocenters. The number of halogens is 2. The van der Waals surface area contributed by atoms with Gasteiger partial charge in [0.2, 0.25) is 5.91 Å². The summed E-state index contributed by atoms with van der Waals surface area (Å²) in [5.41, 5.74) is 3.45. The highest BCUT2D eigenvalue weighted by molar-refractivity contribution is 6.33. The van der Waals surface area contributed by atoms with Gasteiger partial charge in [0, 0.05) is 5.69 Å². The van der Waals surface area contributed by atoms with Gasteiger partial charge in [-0.1, -0.05) is 54.1 Å². The van der Waals surface area contributed by atoms with Gasteiger partial charge in [-0.3, -0.25) is 4.79 Å². The molecular formula is C21H18ClFN2O. The molecule has 0 saturated heterocycles. The second-order valence-electron chi connectivity index (χ2n) is 5.92. The number of carbonyl (C=O) groups excluding carboxylic acids is 1. The van der Waals surface area contributed by atoms with Crippen LogP contribution >= 0.6 is 11.6 Å². The molecule has 5 heteroatoms. The third-order valence-electron chi connectivity index (χ3n) is 3.96. The van der Waals surface area contributed by atoms with E-state index in [1.165, 1.54) is 12.1 Å². The average Bonchev–Trinajstić information content (AvgIpc) is 2.65. The van der Waals surface area contributed by atoms with Crippen molar-refractivity contribution in [1.29, 1.82) is 0 Å². The molecule has 3 aromatic carbocycles. The van der Waals surface area contributed by atoms with Gasteiger partial charge < -0.3 is 10.6 Å². The quantitative estimate of drug-likeness (QED) is 0.616. The fraction of sp³-hybridized carbons (Fsp3) is 0.0952. The van der Waals surface area contributed by atoms with Gasteiger partial charge in [-0.05, 0) is 48.4 Å². The monoisotopic (exact) mass is 368 g/mol. The van der Waals surface area contributed by atoms with Crippen LogP contribution in [0.3, 0.4) is 0 Å². The van der Waals surface area contributed by atoms with Gasteiger partial charge in [-0.25, -0.2) is 4.39 Å². The molecule has 0 aliphatic carbocycles. The summed E-state index contributed by atoms with van der Waals surface area (Å²) in [6, 6.07) is 21.3. The Hall–Kier alpha value is -2.85. The summed E-state index contributed by atoms with van der Waals surface area (Å²) in [5.74, 6) is -0.705. The molecule has 0 aromatic heterocycles. The summed E-state index contributed by atoms with van der Waals surface area (Å²) in [4.78, 5) is 12.3. The minimum atomic E-state index is -0.487. The van der Waals surface area contributed by atoms with Crippen LogP contribution in [0.2, 0.25) is 5.02 Å². The average molecular weight is 369 g/mol. The molecule has 1 atom stereocenters. The zero-order valence-corrected chi connectivity index (χ0v) is 14.9. The van der Waals surface area contributed by atoms with Crippen molar-refractivity contribution in [2.75, 3.05) is 10.6 Å². The van der Waals surface area contributed by atoms with Crippen molar-refractivity contribution in [1.82, 2.24) is 0 Å². The maximum absolute atomic E-state index is 13.1. The van der Waals surface area contributed by atoms with Crippen molar-refractivity contribution in [2.24, 2.45) is 0 Å². The van der Waals surface area contributed by atoms with Gasteiger partial charge in [0.15, 0.2) is 0 Å². The summed E-state index contributed by atoms with van der Waals surface area (Å²) in [6.45, 7) is 1.75. The van der Waals surface area contributed by atoms with Gasteiger partial charge in [0.25, 0.3) is 0 Å². The number of amides is 1. The van der Waals surface area contributed by atoms with Gasteiger partial charge in [0.1, 0.15) is 11.9 Å². The second kappa shape index (κ2) is 8.02. The first-order valence-electron chi connectivity index (χ1n) is 8.21. The molecular weight excluding hydrogens is 351 g/mol. The highest BCUT2D eigenvalue weighted by atomic mass is 35.5. The molecule has 26 heavy (non-hydrogen) atoms. The van der Waals surface area contributed by atoms with E-state index in [4.69, 9.17) is 11.6 Å². The highest BCUT2D eigenvalue weighted by Gasteiger charge is 2.14. The van der Waals surface area contributed by atoms with E-state index in [1.54, 1.807) is 6.92 Å². The minimum absolute atomic E-state index is 0.165. The fourth-order valence-corrected chi connectivity index (χ4v) is 2.75. The van der Waals surface area contributed by atoms with Crippen LogP contribution in [-0.2, 0) is 4.79 Å². The van der Waals surface area contributed by atoms with Gasteiger partial charge in [0.05, 0.1) is 10.7 Å². The Balaban J connectivity index is 1.63. The van der Waals surface area contributed by atoms with Crippen LogP contribution in [0.5, 0.6) is 0 Å². The van der Waals surface area contributed by atoms with Crippen LogP contribution in [0, 0.1) is 5.82 Å². The summed E-state index contributed by atoms with van der Waals surface area (Å²) < 4.78 is 13.1. The van der Waals surface area contributed by atoms with Gasteiger partial charge in [-0.2, -0.15) is 0 Å². The van der Waals surface area contributed by atoms with Gasteiger partial charge >= 0.3 is 0 Å². The Morgan fingerprint density at radius 2 is 1.62 bits per heavy atom. The molecule has 0 aliphatic heterocycles. The molecule has 0 radical (unpaired) electrons. The molecule has 3 rings (SSSR count). The Kier molecular flexibility index (Phi) is 5.54. The lowest BCUT2D eigenvalue weighted by atomic mass is 10.1. The first kappa shape index (κ1) is 18.0. The number of hydrogen-bond acceptors (Lipinski definition) is 2. The molecule has 2 N–H and O–H groups in total. The van der Waals surface area contributed by atoms with E-state index in [0.717, 1.165) is 22.9 Å². The zero-order valence-electron chi connectivity index (χ0n) is 14.2. The lowest BCUT2D eigenvalue weighted by Gasteiger charge is -2.16. The van der Waals surface area contributed by atoms with Crippen molar-refractivity contribution < 1.29 is 9.18 Å². The first-order chi connectivity index (χ1) is 12.5. The number of carbonyl (C=O) groups is 1. The fourth-order valence-electron chi connectivity index (χ4n) is 2.54. The lowest BCUT2D eigenvalue weighted by molar-refractivity contribution is -0.116. The van der Waals surface area contributed by atoms with Crippen LogP contribution in [0.4, 0.5) is 15.8 Å². The molecule has 0 saturated carbocycles. The Morgan fingerprint density at radius 3 is 2.27 bits per heavy atom. The van der Waals surface area contributed by atoms with E-state index in [1.807, 2.05) is 54.6 Å². The first-order valence-corrected chi connectivity index (χ1v) is 8.58. The van der Waals surface area contributed by atoms with Crippen LogP contribution < -0.4 is 10.6 Å². The van der Waals surface area contributed by atoms with Crippen LogP contribution in [0.15, 0.2) is 72.8 Å². The van der Waals surface area contributed by atoms with E-state index in [-0.39, 0.29) is 10.9 Å². The molecule has 1 amide bonds. The van der Waals surface area contributed by atoms with E-state index in [9.17, 15) is 9.18 Å². The van der Waals surface area contributed by atoms with E-state index in [2.05, 4.69) is 10.6 Å². The molecule has 0 fully saturated rings. The Bertz CT molecular complexity index is 898. The number of nitrogens with one attached hydrogen (secondary N) is 2. The van der Waals surface area contributed by atoms with Crippen molar-refractivity contribution in [3.8, 4) is 11.1 Å². The van der Waals surface area contributed by atoms with Crippen molar-refractivity contribution >= 4 is 28.9 Å². The molecule has 0 aliphatic rings. The third kappa shape index (κ3) is 4.41. The predicted molar refractivity (Wildman–Crippen MR) is 105 cm³/mol. The van der Waals surface area contributed by atoms with E-state index >= 15 is 0 Å². The molecule has 0 bridgehead atoms. The normalized spacial score (nSPS) is 11.7. The highest BCUT2D eigenvalue weighted by Crippen LogP contribution is 2.23. The molecule has 132 valence electrons. The van der Waals surface area contributed by atoms with Crippen LogP contribution in [0.25, 0.3) is 11.1 Å². The smallest absolute Gasteiger partial charge is 0.246 e. The third-order valence-corrected chi connectivity index (χ3v) is 4.27. The number of anilines is 2. The Labute approximate surface area is 156 Å². The Morgan fingerprint density at radius 1 is 0.962 bits per heavy atom. The standard InChI is InChI=1S/C21H18ClFN2O/c1-14(21(26)25-20-12-9-17(23)13-19(20)22)24-18-10-7-16(8-11-18)15-5-3-2-4-6-15/h2-14,24H,1H3,(H,25,26)/t14-/m0/s1. The van der Waals surface area contributed by atoms with Crippen LogP contribution in [0.1, 0.15) is 6.92 Å². The zero-order chi connectivity index (χ0) is 18.5. The largest absolute Gasteiger partial charge is 0.374 e. The SMILES string of the molecule is C[C@H](Nc1ccc(-c2ccccc2)cc1)C(=O)Nc1ccc(F)cc1Cl. The van der Waals surface area contributed by atoms with Crippen LogP contribution in [-0.4, -0.2) is 11.9 Å². The minimum Gasteiger partial charge on any atom is -0.374 e. The summed E-state index contributed by atoms with van der Waals surface area (Å²) in [7, 11) is 0. The number of benzene rings is 3. The van der Waals surface area contributed by atoms with Crippen molar-refractivity contribution in [3.05, 3.63) is 83.6 Å². The van der Waals surface area contributed by atoms with E-state index < -0.39 is 11.9 Å². The topological polar surface area (TPSA) is 41.1 Å². The van der Waals surface area contributed by atoms with Crippen molar-refractivity contribution in [2.45, 2.75) is 13.0 Å². The summed E-state index contributed by atoms with van der Waals surface area (Å²) >= 11 is 5.94. The van der Waals surface area contributed by atoms with Gasteiger partial charge in [-0.15, -0.1) is 0 Å². The molecule has 3 nitrogen and oxygen atoms in total. The maximum atomic E-state index is 13.1. The van der Waals surface area contributed by atoms with E-state index in [0.29, 0.717) is 5.69 Å². The molecule has 3 aromatic rings. The predicted octanol–water partition coefficient (Wildman–Crippen LogP) is 5.59. The lowest BCUT2D eigenvalue weighted by Crippen LogP contribution is -2.31. The summed E-state index contributed by atoms with van der Waals surface area (Å²) in [6.07, 6.45) is 0. The molecule has 0 spiro atoms. The molecule has 0 heterocycles. The second-order valence-corrected chi connectivity index (χ2v) is 6.33. The maximum Gasteiger partial charge on any atom is 0.246 e. The number of rotatable bonds is 5.